The minimum Gasteiger partial charge on any atom is -0.339 e. The van der Waals surface area contributed by atoms with Crippen molar-refractivity contribution in [1.29, 1.82) is 0 Å². The van der Waals surface area contributed by atoms with Gasteiger partial charge in [0.1, 0.15) is 5.82 Å². The Labute approximate surface area is 95.1 Å². The van der Waals surface area contributed by atoms with Crippen LogP contribution in [0.2, 0.25) is 0 Å². The van der Waals surface area contributed by atoms with Crippen LogP contribution in [0.15, 0.2) is 12.3 Å². The summed E-state index contributed by atoms with van der Waals surface area (Å²) in [4.78, 5) is 10.3. The fourth-order valence-corrected chi connectivity index (χ4v) is 1.42. The summed E-state index contributed by atoms with van der Waals surface area (Å²) in [5.74, 6) is -0.332. The maximum absolute atomic E-state index is 12.7. The molecule has 0 bridgehead atoms. The second-order valence-corrected chi connectivity index (χ2v) is 4.11. The second kappa shape index (κ2) is 3.43. The number of aromatic nitrogens is 3. The van der Waals surface area contributed by atoms with Crippen molar-refractivity contribution in [2.75, 3.05) is 0 Å². The number of pyridine rings is 1. The number of hydrogen-bond donors (Lipinski definition) is 2. The molecule has 0 aliphatic heterocycles. The Morgan fingerprint density at radius 3 is 2.53 bits per heavy atom. The van der Waals surface area contributed by atoms with Crippen LogP contribution < -0.4 is 5.73 Å². The number of imidazole rings is 1. The summed E-state index contributed by atoms with van der Waals surface area (Å²) < 4.78 is 38.2. The van der Waals surface area contributed by atoms with Gasteiger partial charge in [-0.05, 0) is 25.5 Å². The first-order chi connectivity index (χ1) is 7.73. The van der Waals surface area contributed by atoms with Gasteiger partial charge in [0.15, 0.2) is 11.2 Å². The Kier molecular flexibility index (Phi) is 2.39. The average molecular weight is 244 g/mol. The first-order valence-electron chi connectivity index (χ1n) is 4.91. The number of H-pyrrole nitrogens is 1. The van der Waals surface area contributed by atoms with Crippen LogP contribution in [0.5, 0.6) is 0 Å². The number of fused-ring (bicyclic) bond motifs is 1. The lowest BCUT2D eigenvalue weighted by Crippen LogP contribution is -2.48. The minimum absolute atomic E-state index is 0.237. The monoisotopic (exact) mass is 244 g/mol. The van der Waals surface area contributed by atoms with Crippen molar-refractivity contribution in [3.8, 4) is 0 Å². The predicted octanol–water partition coefficient (Wildman–Crippen LogP) is 2.00. The summed E-state index contributed by atoms with van der Waals surface area (Å²) >= 11 is 0. The highest BCUT2D eigenvalue weighted by atomic mass is 19.4. The summed E-state index contributed by atoms with van der Waals surface area (Å²) in [5, 5.41) is 0. The number of alkyl halides is 3. The van der Waals surface area contributed by atoms with Gasteiger partial charge < -0.3 is 10.7 Å². The van der Waals surface area contributed by atoms with Gasteiger partial charge in [0.05, 0.1) is 5.52 Å². The SMILES string of the molecule is Cc1ccnc2nc(C(C)(N)C(F)(F)F)[nH]c12. The van der Waals surface area contributed by atoms with Crippen molar-refractivity contribution in [2.45, 2.75) is 25.6 Å². The van der Waals surface area contributed by atoms with Crippen molar-refractivity contribution >= 4 is 11.2 Å². The van der Waals surface area contributed by atoms with E-state index in [0.29, 0.717) is 5.52 Å². The molecule has 2 aromatic heterocycles. The van der Waals surface area contributed by atoms with Crippen molar-refractivity contribution in [1.82, 2.24) is 15.0 Å². The smallest absolute Gasteiger partial charge is 0.339 e. The van der Waals surface area contributed by atoms with E-state index in [1.54, 1.807) is 13.0 Å². The topological polar surface area (TPSA) is 67.6 Å². The van der Waals surface area contributed by atoms with E-state index in [-0.39, 0.29) is 11.5 Å². The molecule has 1 atom stereocenters. The van der Waals surface area contributed by atoms with E-state index in [0.717, 1.165) is 12.5 Å². The van der Waals surface area contributed by atoms with Crippen LogP contribution in [0.3, 0.4) is 0 Å². The van der Waals surface area contributed by atoms with E-state index in [1.807, 2.05) is 0 Å². The lowest BCUT2D eigenvalue weighted by Gasteiger charge is -2.24. The standard InChI is InChI=1S/C10H11F3N4/c1-5-3-4-15-7-6(5)16-8(17-7)9(2,14)10(11,12)13/h3-4H,14H2,1-2H3,(H,15,16,17). The zero-order valence-electron chi connectivity index (χ0n) is 9.26. The fourth-order valence-electron chi connectivity index (χ4n) is 1.42. The van der Waals surface area contributed by atoms with Crippen LogP contribution in [0, 0.1) is 6.92 Å². The van der Waals surface area contributed by atoms with E-state index in [4.69, 9.17) is 5.73 Å². The average Bonchev–Trinajstić information content (AvgIpc) is 2.61. The highest BCUT2D eigenvalue weighted by Crippen LogP contribution is 2.35. The molecule has 0 aliphatic carbocycles. The molecule has 1 unspecified atom stereocenters. The number of rotatable bonds is 1. The first-order valence-corrected chi connectivity index (χ1v) is 4.91. The number of aryl methyl sites for hydroxylation is 1. The van der Waals surface area contributed by atoms with Crippen molar-refractivity contribution in [3.63, 3.8) is 0 Å². The van der Waals surface area contributed by atoms with Gasteiger partial charge in [-0.3, -0.25) is 0 Å². The zero-order chi connectivity index (χ0) is 12.8. The quantitative estimate of drug-likeness (QED) is 0.806. The summed E-state index contributed by atoms with van der Waals surface area (Å²) in [6, 6.07) is 1.69. The van der Waals surface area contributed by atoms with Crippen molar-refractivity contribution in [3.05, 3.63) is 23.7 Å². The Morgan fingerprint density at radius 1 is 1.35 bits per heavy atom. The Balaban J connectivity index is 2.62. The third-order valence-corrected chi connectivity index (χ3v) is 2.68. The number of hydrogen-bond acceptors (Lipinski definition) is 3. The molecule has 92 valence electrons. The molecule has 0 saturated heterocycles. The van der Waals surface area contributed by atoms with E-state index in [9.17, 15) is 13.2 Å². The van der Waals surface area contributed by atoms with Crippen LogP contribution in [-0.2, 0) is 5.54 Å². The molecule has 2 heterocycles. The molecule has 2 rings (SSSR count). The van der Waals surface area contributed by atoms with E-state index >= 15 is 0 Å². The summed E-state index contributed by atoms with van der Waals surface area (Å²) in [6.07, 6.45) is -3.08. The van der Waals surface area contributed by atoms with Gasteiger partial charge in [-0.2, -0.15) is 13.2 Å². The highest BCUT2D eigenvalue weighted by Gasteiger charge is 2.51. The van der Waals surface area contributed by atoms with Crippen LogP contribution in [-0.4, -0.2) is 21.1 Å². The molecule has 0 aliphatic rings. The van der Waals surface area contributed by atoms with E-state index in [1.165, 1.54) is 6.20 Å². The van der Waals surface area contributed by atoms with Gasteiger partial charge in [-0.15, -0.1) is 0 Å². The molecule has 0 radical (unpaired) electrons. The molecule has 0 saturated carbocycles. The fraction of sp³-hybridized carbons (Fsp3) is 0.400. The second-order valence-electron chi connectivity index (χ2n) is 4.11. The lowest BCUT2D eigenvalue weighted by molar-refractivity contribution is -0.186. The van der Waals surface area contributed by atoms with E-state index in [2.05, 4.69) is 15.0 Å². The molecule has 3 N–H and O–H groups in total. The van der Waals surface area contributed by atoms with Crippen LogP contribution in [0.25, 0.3) is 11.2 Å². The Morgan fingerprint density at radius 2 is 2.00 bits per heavy atom. The molecular formula is C10H11F3N4. The van der Waals surface area contributed by atoms with Crippen molar-refractivity contribution < 1.29 is 13.2 Å². The number of aromatic amines is 1. The maximum atomic E-state index is 12.7. The van der Waals surface area contributed by atoms with Gasteiger partial charge in [0.25, 0.3) is 0 Å². The molecule has 4 nitrogen and oxygen atoms in total. The summed E-state index contributed by atoms with van der Waals surface area (Å²) in [7, 11) is 0. The largest absolute Gasteiger partial charge is 0.413 e. The number of nitrogens with zero attached hydrogens (tertiary/aromatic N) is 2. The highest BCUT2D eigenvalue weighted by molar-refractivity contribution is 5.74. The normalized spacial score (nSPS) is 16.1. The molecular weight excluding hydrogens is 233 g/mol. The summed E-state index contributed by atoms with van der Waals surface area (Å²) in [5.41, 5.74) is 4.25. The van der Waals surface area contributed by atoms with Crippen molar-refractivity contribution in [2.24, 2.45) is 5.73 Å². The first kappa shape index (κ1) is 11.8. The molecule has 17 heavy (non-hydrogen) atoms. The summed E-state index contributed by atoms with van der Waals surface area (Å²) in [6.45, 7) is 2.63. The third kappa shape index (κ3) is 1.76. The Bertz CT molecular complexity index is 556. The number of nitrogens with one attached hydrogen (secondary N) is 1. The van der Waals surface area contributed by atoms with Crippen LogP contribution >= 0.6 is 0 Å². The number of halogens is 3. The zero-order valence-corrected chi connectivity index (χ0v) is 9.26. The van der Waals surface area contributed by atoms with Gasteiger partial charge in [-0.1, -0.05) is 0 Å². The van der Waals surface area contributed by atoms with Crippen LogP contribution in [0.4, 0.5) is 13.2 Å². The van der Waals surface area contributed by atoms with E-state index < -0.39 is 11.7 Å². The number of nitrogens with two attached hydrogens (primary N) is 1. The minimum atomic E-state index is -4.57. The van der Waals surface area contributed by atoms with Gasteiger partial charge in [-0.25, -0.2) is 9.97 Å². The predicted molar refractivity (Wildman–Crippen MR) is 56.2 cm³/mol. The van der Waals surface area contributed by atoms with Gasteiger partial charge in [0, 0.05) is 6.20 Å². The molecule has 7 heteroatoms. The molecule has 0 aromatic carbocycles. The van der Waals surface area contributed by atoms with Gasteiger partial charge >= 0.3 is 6.18 Å². The molecule has 0 fully saturated rings. The lowest BCUT2D eigenvalue weighted by atomic mass is 10.0. The Hall–Kier alpha value is -1.63. The molecule has 0 amide bonds. The van der Waals surface area contributed by atoms with Crippen LogP contribution in [0.1, 0.15) is 18.3 Å². The molecule has 0 spiro atoms. The third-order valence-electron chi connectivity index (χ3n) is 2.68. The molecule has 2 aromatic rings. The maximum Gasteiger partial charge on any atom is 0.413 e. The van der Waals surface area contributed by atoms with Gasteiger partial charge in [0.2, 0.25) is 0 Å².